The van der Waals surface area contributed by atoms with Gasteiger partial charge in [-0.25, -0.2) is 0 Å². The van der Waals surface area contributed by atoms with Crippen LogP contribution >= 0.6 is 15.9 Å². The Morgan fingerprint density at radius 1 is 1.73 bits per heavy atom. The molecule has 0 saturated carbocycles. The van der Waals surface area contributed by atoms with Crippen molar-refractivity contribution in [3.05, 3.63) is 16.4 Å². The van der Waals surface area contributed by atoms with Crippen molar-refractivity contribution in [1.29, 1.82) is 0 Å². The van der Waals surface area contributed by atoms with E-state index in [1.54, 1.807) is 18.0 Å². The molecule has 2 atom stereocenters. The third kappa shape index (κ3) is 2.24. The molecule has 2 N–H and O–H groups in total. The summed E-state index contributed by atoms with van der Waals surface area (Å²) < 4.78 is 8.20. The van der Waals surface area contributed by atoms with Crippen LogP contribution < -0.4 is 5.73 Å². The molecule has 1 aromatic rings. The average Bonchev–Trinajstić information content (AvgIpc) is 2.56. The van der Waals surface area contributed by atoms with Crippen LogP contribution in [0.15, 0.2) is 10.7 Å². The van der Waals surface area contributed by atoms with Gasteiger partial charge in [0.15, 0.2) is 0 Å². The number of hydrogen-bond acceptors (Lipinski definition) is 3. The first-order valence-corrected chi connectivity index (χ1v) is 5.73. The Labute approximate surface area is 98.9 Å². The summed E-state index contributed by atoms with van der Waals surface area (Å²) in [6.07, 6.45) is 2.60. The quantitative estimate of drug-likeness (QED) is 0.915. The van der Waals surface area contributed by atoms with Gasteiger partial charge in [-0.2, -0.15) is 5.10 Å². The van der Waals surface area contributed by atoms with Gasteiger partial charge in [-0.1, -0.05) is 6.92 Å². The van der Waals surface area contributed by atoms with E-state index in [-0.39, 0.29) is 11.6 Å². The fourth-order valence-electron chi connectivity index (χ4n) is 1.55. The van der Waals surface area contributed by atoms with E-state index in [1.807, 2.05) is 14.0 Å². The Balaban J connectivity index is 3.08. The van der Waals surface area contributed by atoms with Gasteiger partial charge in [0.2, 0.25) is 0 Å². The second kappa shape index (κ2) is 4.63. The number of nitrogens with zero attached hydrogens (tertiary/aromatic N) is 2. The molecule has 0 aliphatic heterocycles. The molecule has 86 valence electrons. The number of nitrogens with two attached hydrogens (primary N) is 1. The van der Waals surface area contributed by atoms with E-state index in [9.17, 15) is 0 Å². The van der Waals surface area contributed by atoms with E-state index in [0.717, 1.165) is 16.6 Å². The highest BCUT2D eigenvalue weighted by Crippen LogP contribution is 2.32. The van der Waals surface area contributed by atoms with Gasteiger partial charge in [-0.3, -0.25) is 4.68 Å². The standard InChI is InChI=1S/C10H18BrN3O/c1-5-10(2,15-4)9(12)8-7(11)6-13-14(8)3/h6,9H,5,12H2,1-4H3. The molecular formula is C10H18BrN3O. The molecule has 0 spiro atoms. The monoisotopic (exact) mass is 275 g/mol. The van der Waals surface area contributed by atoms with Crippen LogP contribution in [0.4, 0.5) is 0 Å². The molecule has 0 saturated heterocycles. The van der Waals surface area contributed by atoms with E-state index in [0.29, 0.717) is 0 Å². The molecule has 0 fully saturated rings. The predicted molar refractivity (Wildman–Crippen MR) is 63.5 cm³/mol. The number of aromatic nitrogens is 2. The Morgan fingerprint density at radius 2 is 2.33 bits per heavy atom. The largest absolute Gasteiger partial charge is 0.376 e. The van der Waals surface area contributed by atoms with Crippen molar-refractivity contribution in [2.45, 2.75) is 31.9 Å². The Bertz CT molecular complexity index is 314. The summed E-state index contributed by atoms with van der Waals surface area (Å²) in [4.78, 5) is 0. The van der Waals surface area contributed by atoms with Gasteiger partial charge in [0, 0.05) is 14.2 Å². The van der Waals surface area contributed by atoms with Crippen LogP contribution in [0.1, 0.15) is 32.0 Å². The van der Waals surface area contributed by atoms with Crippen molar-refractivity contribution >= 4 is 15.9 Å². The topological polar surface area (TPSA) is 53.1 Å². The zero-order valence-corrected chi connectivity index (χ0v) is 11.2. The smallest absolute Gasteiger partial charge is 0.0855 e. The van der Waals surface area contributed by atoms with E-state index in [1.165, 1.54) is 0 Å². The van der Waals surface area contributed by atoms with Crippen LogP contribution in [0.5, 0.6) is 0 Å². The SMILES string of the molecule is CCC(C)(OC)C(N)c1c(Br)cnn1C. The average molecular weight is 276 g/mol. The zero-order chi connectivity index (χ0) is 11.6. The van der Waals surface area contributed by atoms with Crippen LogP contribution in [0.3, 0.4) is 0 Å². The summed E-state index contributed by atoms with van der Waals surface area (Å²) in [5, 5.41) is 4.15. The highest BCUT2D eigenvalue weighted by Gasteiger charge is 2.34. The summed E-state index contributed by atoms with van der Waals surface area (Å²) in [6, 6.07) is -0.200. The van der Waals surface area contributed by atoms with Crippen LogP contribution in [0.2, 0.25) is 0 Å². The van der Waals surface area contributed by atoms with Crippen molar-refractivity contribution in [3.8, 4) is 0 Å². The second-order valence-electron chi connectivity index (χ2n) is 3.85. The number of rotatable bonds is 4. The first-order chi connectivity index (χ1) is 6.96. The lowest BCUT2D eigenvalue weighted by atomic mass is 9.91. The lowest BCUT2D eigenvalue weighted by molar-refractivity contribution is -0.0215. The molecule has 4 nitrogen and oxygen atoms in total. The Hall–Kier alpha value is -0.390. The lowest BCUT2D eigenvalue weighted by Crippen LogP contribution is -2.40. The zero-order valence-electron chi connectivity index (χ0n) is 9.62. The molecule has 0 amide bonds. The predicted octanol–water partition coefficient (Wildman–Crippen LogP) is 2.00. The minimum Gasteiger partial charge on any atom is -0.376 e. The van der Waals surface area contributed by atoms with Crippen LogP contribution in [0, 0.1) is 0 Å². The van der Waals surface area contributed by atoms with E-state index >= 15 is 0 Å². The van der Waals surface area contributed by atoms with Gasteiger partial charge in [0.25, 0.3) is 0 Å². The fourth-order valence-corrected chi connectivity index (χ4v) is 2.15. The summed E-state index contributed by atoms with van der Waals surface area (Å²) >= 11 is 3.45. The number of ether oxygens (including phenoxy) is 1. The number of methoxy groups -OCH3 is 1. The molecule has 0 aliphatic carbocycles. The van der Waals surface area contributed by atoms with Gasteiger partial charge >= 0.3 is 0 Å². The van der Waals surface area contributed by atoms with E-state index in [2.05, 4.69) is 28.0 Å². The summed E-state index contributed by atoms with van der Waals surface area (Å²) in [6.45, 7) is 4.07. The van der Waals surface area contributed by atoms with Crippen LogP contribution in [-0.2, 0) is 11.8 Å². The maximum absolute atomic E-state index is 6.22. The minimum absolute atomic E-state index is 0.200. The van der Waals surface area contributed by atoms with Crippen molar-refractivity contribution in [2.24, 2.45) is 12.8 Å². The molecule has 2 unspecified atom stereocenters. The van der Waals surface area contributed by atoms with Crippen molar-refractivity contribution in [1.82, 2.24) is 9.78 Å². The highest BCUT2D eigenvalue weighted by molar-refractivity contribution is 9.10. The molecule has 0 bridgehead atoms. The summed E-state index contributed by atoms with van der Waals surface area (Å²) in [5.41, 5.74) is 6.82. The Kier molecular flexibility index (Phi) is 3.92. The van der Waals surface area contributed by atoms with Crippen LogP contribution in [-0.4, -0.2) is 22.5 Å². The molecule has 0 aliphatic rings. The maximum atomic E-state index is 6.22. The normalized spacial score (nSPS) is 17.5. The summed E-state index contributed by atoms with van der Waals surface area (Å²) in [5.74, 6) is 0. The Morgan fingerprint density at radius 3 is 2.67 bits per heavy atom. The second-order valence-corrected chi connectivity index (χ2v) is 4.70. The first-order valence-electron chi connectivity index (χ1n) is 4.94. The molecule has 0 aromatic carbocycles. The third-order valence-electron chi connectivity index (χ3n) is 3.06. The van der Waals surface area contributed by atoms with Gasteiger partial charge in [-0.05, 0) is 29.3 Å². The molecular weight excluding hydrogens is 258 g/mol. The van der Waals surface area contributed by atoms with Gasteiger partial charge < -0.3 is 10.5 Å². The first kappa shape index (κ1) is 12.7. The fraction of sp³-hybridized carbons (Fsp3) is 0.700. The number of hydrogen-bond donors (Lipinski definition) is 1. The van der Waals surface area contributed by atoms with Crippen molar-refractivity contribution in [3.63, 3.8) is 0 Å². The minimum atomic E-state index is -0.365. The molecule has 1 rings (SSSR count). The van der Waals surface area contributed by atoms with E-state index < -0.39 is 0 Å². The summed E-state index contributed by atoms with van der Waals surface area (Å²) in [7, 11) is 3.57. The highest BCUT2D eigenvalue weighted by atomic mass is 79.9. The van der Waals surface area contributed by atoms with Crippen LogP contribution in [0.25, 0.3) is 0 Å². The van der Waals surface area contributed by atoms with Gasteiger partial charge in [-0.15, -0.1) is 0 Å². The number of aryl methyl sites for hydroxylation is 1. The molecule has 5 heteroatoms. The van der Waals surface area contributed by atoms with Crippen molar-refractivity contribution in [2.75, 3.05) is 7.11 Å². The van der Waals surface area contributed by atoms with Gasteiger partial charge in [0.05, 0.1) is 28.0 Å². The van der Waals surface area contributed by atoms with E-state index in [4.69, 9.17) is 10.5 Å². The third-order valence-corrected chi connectivity index (χ3v) is 3.67. The van der Waals surface area contributed by atoms with Gasteiger partial charge in [0.1, 0.15) is 0 Å². The van der Waals surface area contributed by atoms with Crippen molar-refractivity contribution < 1.29 is 4.74 Å². The molecule has 1 aromatic heterocycles. The number of halogens is 1. The lowest BCUT2D eigenvalue weighted by Gasteiger charge is -2.33. The molecule has 0 radical (unpaired) electrons. The maximum Gasteiger partial charge on any atom is 0.0855 e. The molecule has 15 heavy (non-hydrogen) atoms. The molecule has 1 heterocycles.